The van der Waals surface area contributed by atoms with Gasteiger partial charge in [0.1, 0.15) is 0 Å². The third-order valence-corrected chi connectivity index (χ3v) is 3.66. The highest BCUT2D eigenvalue weighted by Crippen LogP contribution is 2.29. The third kappa shape index (κ3) is 2.10. The summed E-state index contributed by atoms with van der Waals surface area (Å²) in [5, 5.41) is 7.77. The molecule has 0 fully saturated rings. The number of fused-ring (bicyclic) bond motifs is 1. The molecular formula is C15H19N5. The lowest BCUT2D eigenvalue weighted by molar-refractivity contribution is 0.678. The van der Waals surface area contributed by atoms with Crippen molar-refractivity contribution in [3.8, 4) is 11.1 Å². The van der Waals surface area contributed by atoms with Gasteiger partial charge in [0.05, 0.1) is 23.1 Å². The van der Waals surface area contributed by atoms with Crippen LogP contribution in [-0.4, -0.2) is 33.3 Å². The minimum atomic E-state index is 0.943. The van der Waals surface area contributed by atoms with Crippen LogP contribution >= 0.6 is 0 Å². The maximum absolute atomic E-state index is 4.57. The zero-order chi connectivity index (χ0) is 14.1. The second kappa shape index (κ2) is 5.09. The fraction of sp³-hybridized carbons (Fsp3) is 0.333. The Morgan fingerprint density at radius 3 is 3.00 bits per heavy atom. The number of hydrogen-bond acceptors (Lipinski definition) is 3. The second-order valence-electron chi connectivity index (χ2n) is 5.02. The van der Waals surface area contributed by atoms with Gasteiger partial charge < -0.3 is 10.3 Å². The molecule has 2 heterocycles. The molecule has 2 N–H and O–H groups in total. The molecule has 5 nitrogen and oxygen atoms in total. The van der Waals surface area contributed by atoms with Crippen molar-refractivity contribution in [3.05, 3.63) is 35.9 Å². The molecule has 1 aromatic carbocycles. The summed E-state index contributed by atoms with van der Waals surface area (Å²) in [6.07, 6.45) is 2.69. The first-order chi connectivity index (χ1) is 9.70. The van der Waals surface area contributed by atoms with Crippen LogP contribution in [0.3, 0.4) is 0 Å². The quantitative estimate of drug-likeness (QED) is 0.762. The minimum Gasteiger partial charge on any atom is -0.345 e. The fourth-order valence-electron chi connectivity index (χ4n) is 2.70. The Kier molecular flexibility index (Phi) is 3.28. The number of aromatic amines is 1. The lowest BCUT2D eigenvalue weighted by Gasteiger charge is -2.07. The highest BCUT2D eigenvalue weighted by Gasteiger charge is 2.15. The van der Waals surface area contributed by atoms with Gasteiger partial charge in [-0.2, -0.15) is 5.10 Å². The number of likely N-dealkylation sites (N-methyl/N-ethyl adjacent to an activating group) is 1. The average Bonchev–Trinajstić information content (AvgIpc) is 2.99. The highest BCUT2D eigenvalue weighted by molar-refractivity contribution is 5.82. The van der Waals surface area contributed by atoms with Gasteiger partial charge in [-0.25, -0.2) is 4.98 Å². The van der Waals surface area contributed by atoms with Crippen molar-refractivity contribution >= 4 is 11.0 Å². The van der Waals surface area contributed by atoms with Crippen molar-refractivity contribution in [3.63, 3.8) is 0 Å². The summed E-state index contributed by atoms with van der Waals surface area (Å²) in [5.74, 6) is 0. The van der Waals surface area contributed by atoms with E-state index in [-0.39, 0.29) is 0 Å². The monoisotopic (exact) mass is 269 g/mol. The van der Waals surface area contributed by atoms with E-state index in [1.807, 2.05) is 18.8 Å². The first kappa shape index (κ1) is 12.9. The number of H-pyrrole nitrogens is 1. The van der Waals surface area contributed by atoms with E-state index >= 15 is 0 Å². The standard InChI is InChI=1S/C15H19N5/c1-10-15(14(6-7-16-2)20(3)19-10)11-4-5-12-13(8-11)18-9-17-12/h4-5,8-9,16H,6-7H2,1-3H3,(H,17,18). The number of nitrogens with zero attached hydrogens (tertiary/aromatic N) is 3. The van der Waals surface area contributed by atoms with E-state index in [1.54, 1.807) is 6.33 Å². The molecule has 104 valence electrons. The van der Waals surface area contributed by atoms with Gasteiger partial charge in [0, 0.05) is 31.3 Å². The molecule has 2 aromatic heterocycles. The van der Waals surface area contributed by atoms with Crippen LogP contribution in [0.1, 0.15) is 11.4 Å². The number of aryl methyl sites for hydroxylation is 2. The predicted molar refractivity (Wildman–Crippen MR) is 80.7 cm³/mol. The van der Waals surface area contributed by atoms with Crippen molar-refractivity contribution in [1.82, 2.24) is 25.1 Å². The smallest absolute Gasteiger partial charge is 0.0931 e. The Morgan fingerprint density at radius 1 is 1.35 bits per heavy atom. The van der Waals surface area contributed by atoms with Crippen LogP contribution in [-0.2, 0) is 13.5 Å². The molecule has 0 unspecified atom stereocenters. The maximum atomic E-state index is 4.57. The summed E-state index contributed by atoms with van der Waals surface area (Å²) in [4.78, 5) is 7.43. The molecule has 20 heavy (non-hydrogen) atoms. The summed E-state index contributed by atoms with van der Waals surface area (Å²) in [7, 11) is 3.98. The number of nitrogens with one attached hydrogen (secondary N) is 2. The topological polar surface area (TPSA) is 58.5 Å². The Balaban J connectivity index is 2.12. The van der Waals surface area contributed by atoms with Crippen LogP contribution in [0.2, 0.25) is 0 Å². The van der Waals surface area contributed by atoms with Crippen LogP contribution in [0.15, 0.2) is 24.5 Å². The molecule has 0 aliphatic heterocycles. The summed E-state index contributed by atoms with van der Waals surface area (Å²) >= 11 is 0. The number of aromatic nitrogens is 4. The van der Waals surface area contributed by atoms with Crippen molar-refractivity contribution in [2.45, 2.75) is 13.3 Å². The minimum absolute atomic E-state index is 0.943. The van der Waals surface area contributed by atoms with E-state index in [0.29, 0.717) is 0 Å². The first-order valence-electron chi connectivity index (χ1n) is 6.81. The SMILES string of the molecule is CNCCc1c(-c2ccc3nc[nH]c3c2)c(C)nn1C. The van der Waals surface area contributed by atoms with Gasteiger partial charge in [-0.3, -0.25) is 4.68 Å². The Morgan fingerprint density at radius 2 is 2.20 bits per heavy atom. The van der Waals surface area contributed by atoms with Crippen molar-refractivity contribution in [2.75, 3.05) is 13.6 Å². The Hall–Kier alpha value is -2.14. The molecular weight excluding hydrogens is 250 g/mol. The van der Waals surface area contributed by atoms with Crippen molar-refractivity contribution < 1.29 is 0 Å². The molecule has 0 saturated heterocycles. The second-order valence-corrected chi connectivity index (χ2v) is 5.02. The van der Waals surface area contributed by atoms with E-state index in [1.165, 1.54) is 16.8 Å². The van der Waals surface area contributed by atoms with Crippen LogP contribution < -0.4 is 5.32 Å². The van der Waals surface area contributed by atoms with Gasteiger partial charge in [-0.1, -0.05) is 6.07 Å². The van der Waals surface area contributed by atoms with E-state index in [9.17, 15) is 0 Å². The molecule has 5 heteroatoms. The fourth-order valence-corrected chi connectivity index (χ4v) is 2.70. The van der Waals surface area contributed by atoms with E-state index in [4.69, 9.17) is 0 Å². The van der Waals surface area contributed by atoms with Crippen LogP contribution in [0.4, 0.5) is 0 Å². The Labute approximate surface area is 118 Å². The summed E-state index contributed by atoms with van der Waals surface area (Å²) in [5.41, 5.74) is 6.81. The summed E-state index contributed by atoms with van der Waals surface area (Å²) in [6.45, 7) is 3.01. The highest BCUT2D eigenvalue weighted by atomic mass is 15.3. The molecule has 0 bridgehead atoms. The normalized spacial score (nSPS) is 11.3. The molecule has 0 aliphatic rings. The predicted octanol–water partition coefficient (Wildman–Crippen LogP) is 2.03. The molecule has 0 radical (unpaired) electrons. The molecule has 3 aromatic rings. The number of rotatable bonds is 4. The van der Waals surface area contributed by atoms with Crippen molar-refractivity contribution in [2.24, 2.45) is 7.05 Å². The van der Waals surface area contributed by atoms with Crippen LogP contribution in [0, 0.1) is 6.92 Å². The number of benzene rings is 1. The molecule has 0 aliphatic carbocycles. The van der Waals surface area contributed by atoms with Crippen LogP contribution in [0.5, 0.6) is 0 Å². The number of hydrogen-bond donors (Lipinski definition) is 2. The van der Waals surface area contributed by atoms with Gasteiger partial charge in [0.25, 0.3) is 0 Å². The van der Waals surface area contributed by atoms with Gasteiger partial charge in [0.2, 0.25) is 0 Å². The molecule has 0 atom stereocenters. The maximum Gasteiger partial charge on any atom is 0.0931 e. The largest absolute Gasteiger partial charge is 0.345 e. The molecule has 0 saturated carbocycles. The molecule has 0 amide bonds. The number of imidazole rings is 1. The van der Waals surface area contributed by atoms with Gasteiger partial charge in [-0.05, 0) is 31.7 Å². The van der Waals surface area contributed by atoms with E-state index in [0.717, 1.165) is 29.7 Å². The lowest BCUT2D eigenvalue weighted by atomic mass is 10.0. The Bertz CT molecular complexity index is 738. The lowest BCUT2D eigenvalue weighted by Crippen LogP contribution is -2.13. The van der Waals surface area contributed by atoms with Gasteiger partial charge in [0.15, 0.2) is 0 Å². The summed E-state index contributed by atoms with van der Waals surface area (Å²) < 4.78 is 1.99. The van der Waals surface area contributed by atoms with Crippen LogP contribution in [0.25, 0.3) is 22.2 Å². The zero-order valence-electron chi connectivity index (χ0n) is 12.1. The zero-order valence-corrected chi connectivity index (χ0v) is 12.1. The molecule has 3 rings (SSSR count). The summed E-state index contributed by atoms with van der Waals surface area (Å²) in [6, 6.07) is 6.32. The first-order valence-corrected chi connectivity index (χ1v) is 6.81. The average molecular weight is 269 g/mol. The van der Waals surface area contributed by atoms with Crippen molar-refractivity contribution in [1.29, 1.82) is 0 Å². The molecule has 0 spiro atoms. The van der Waals surface area contributed by atoms with E-state index in [2.05, 4.69) is 45.5 Å². The van der Waals surface area contributed by atoms with Gasteiger partial charge in [-0.15, -0.1) is 0 Å². The third-order valence-electron chi connectivity index (χ3n) is 3.66. The van der Waals surface area contributed by atoms with Gasteiger partial charge >= 0.3 is 0 Å². The van der Waals surface area contributed by atoms with E-state index < -0.39 is 0 Å².